The van der Waals surface area contributed by atoms with E-state index in [0.717, 1.165) is 0 Å². The molecular formula is HClNaSZn. The molecule has 0 N–H and O–H groups in total. The zero-order valence-corrected chi connectivity index (χ0v) is 9.15. The summed E-state index contributed by atoms with van der Waals surface area (Å²) in [7, 11) is 4.33. The molecule has 0 fully saturated rings. The van der Waals surface area contributed by atoms with Crippen molar-refractivity contribution >= 4 is 52.1 Å². The number of halogens is 1. The molecule has 4 heteroatoms. The van der Waals surface area contributed by atoms with Crippen LogP contribution in [0.3, 0.4) is 0 Å². The third kappa shape index (κ3) is 8.86. The molecule has 0 spiro atoms. The molecule has 0 saturated heterocycles. The molecule has 0 amide bonds. The first kappa shape index (κ1) is 16.3. The van der Waals surface area contributed by atoms with E-state index >= 15 is 0 Å². The first-order chi connectivity index (χ1) is 1.00. The predicted octanol–water partition coefficient (Wildman–Crippen LogP) is 0.687. The fourth-order valence-corrected chi connectivity index (χ4v) is 0. The third-order valence-corrected chi connectivity index (χ3v) is 0. The molecule has 4 heavy (non-hydrogen) atoms. The Morgan fingerprint density at radius 3 is 1.25 bits per heavy atom. The molecular weight excluding hydrogens is 156 g/mol. The van der Waals surface area contributed by atoms with Crippen LogP contribution in [-0.2, 0) is 19.5 Å². The summed E-state index contributed by atoms with van der Waals surface area (Å²) in [5.41, 5.74) is 0. The van der Waals surface area contributed by atoms with Gasteiger partial charge in [-0.25, -0.2) is 0 Å². The maximum Gasteiger partial charge on any atom is 0 e. The first-order valence-electron chi connectivity index (χ1n) is 0.169. The average Bonchev–Trinajstić information content (AvgIpc) is 1.00. The van der Waals surface area contributed by atoms with Crippen molar-refractivity contribution in [1.29, 1.82) is 0 Å². The van der Waals surface area contributed by atoms with Crippen LogP contribution in [0.1, 0.15) is 0 Å². The van der Waals surface area contributed by atoms with E-state index in [4.69, 9.17) is 0 Å². The summed E-state index contributed by atoms with van der Waals surface area (Å²) in [5.74, 6) is 0. The van der Waals surface area contributed by atoms with Crippen LogP contribution in [0.15, 0.2) is 0 Å². The Balaban J connectivity index is -0.00000000500. The Morgan fingerprint density at radius 1 is 1.25 bits per heavy atom. The molecule has 0 aliphatic carbocycles. The van der Waals surface area contributed by atoms with E-state index in [2.05, 4.69) is 22.5 Å². The smallest absolute Gasteiger partial charge is 0 e. The Bertz CT molecular complexity index is 8.00. The summed E-state index contributed by atoms with van der Waals surface area (Å²) in [4.78, 5) is 0. The zero-order chi connectivity index (χ0) is 2.00. The largest absolute Gasteiger partial charge is 0.0728 e. The summed E-state index contributed by atoms with van der Waals surface area (Å²) in [5, 5.41) is 0. The van der Waals surface area contributed by atoms with Gasteiger partial charge in [-0.2, -0.15) is 0 Å². The van der Waals surface area contributed by atoms with Crippen LogP contribution in [-0.4, -0.2) is 29.6 Å². The maximum atomic E-state index is 4.33. The molecule has 0 aromatic heterocycles. The van der Waals surface area contributed by atoms with E-state index < -0.39 is 0 Å². The Labute approximate surface area is 70.6 Å². The second-order valence-corrected chi connectivity index (χ2v) is 0. The zero-order valence-electron chi connectivity index (χ0n) is 2.53. The van der Waals surface area contributed by atoms with Crippen molar-refractivity contribution in [3.05, 3.63) is 0 Å². The van der Waals surface area contributed by atoms with Gasteiger partial charge < -0.3 is 0 Å². The minimum absolute atomic E-state index is 0. The van der Waals surface area contributed by atoms with Gasteiger partial charge in [0.1, 0.15) is 0 Å². The molecule has 0 aliphatic heterocycles. The molecule has 0 bridgehead atoms. The van der Waals surface area contributed by atoms with Gasteiger partial charge in [0, 0.05) is 49.0 Å². The minimum Gasteiger partial charge on any atom is -0.0728 e. The van der Waals surface area contributed by atoms with Crippen LogP contribution < -0.4 is 0 Å². The van der Waals surface area contributed by atoms with Crippen LogP contribution in [0.4, 0.5) is 0 Å². The molecule has 0 saturated carbocycles. The van der Waals surface area contributed by atoms with Gasteiger partial charge in [-0.15, -0.1) is 0 Å². The first-order valence-corrected chi connectivity index (χ1v) is 1.52. The summed E-state index contributed by atoms with van der Waals surface area (Å²) in [6, 6.07) is 0. The standard InChI is InChI=1S/ClHS.Na.Zn/c1-2;;/h2H;;. The van der Waals surface area contributed by atoms with E-state index in [1.165, 1.54) is 0 Å². The summed E-state index contributed by atoms with van der Waals surface area (Å²) >= 11 is 3.00. The van der Waals surface area contributed by atoms with Crippen molar-refractivity contribution < 1.29 is 19.5 Å². The van der Waals surface area contributed by atoms with Crippen LogP contribution in [0.5, 0.6) is 0 Å². The van der Waals surface area contributed by atoms with Gasteiger partial charge in [-0.1, -0.05) is 11.8 Å². The maximum absolute atomic E-state index is 4.33. The van der Waals surface area contributed by atoms with Crippen molar-refractivity contribution in [2.45, 2.75) is 0 Å². The van der Waals surface area contributed by atoms with Crippen LogP contribution in [0.2, 0.25) is 0 Å². The molecule has 0 heterocycles. The number of rotatable bonds is 0. The van der Waals surface area contributed by atoms with Gasteiger partial charge in [-0.05, 0) is 10.7 Å². The predicted molar refractivity (Wildman–Crippen MR) is 20.6 cm³/mol. The Kier molecular flexibility index (Phi) is 76.1. The Morgan fingerprint density at radius 2 is 1.25 bits per heavy atom. The van der Waals surface area contributed by atoms with Gasteiger partial charge in [0.15, 0.2) is 0 Å². The van der Waals surface area contributed by atoms with Crippen molar-refractivity contribution in [3.63, 3.8) is 0 Å². The van der Waals surface area contributed by atoms with Gasteiger partial charge in [-0.3, -0.25) is 0 Å². The number of hydrogen-bond acceptors (Lipinski definition) is 1. The van der Waals surface area contributed by atoms with Gasteiger partial charge in [0.2, 0.25) is 0 Å². The molecule has 0 aromatic rings. The van der Waals surface area contributed by atoms with Gasteiger partial charge >= 0.3 is 0 Å². The molecule has 17 valence electrons. The normalized spacial score (nSPS) is 1.50. The van der Waals surface area contributed by atoms with E-state index in [0.29, 0.717) is 0 Å². The molecule has 1 radical (unpaired) electrons. The molecule has 0 atom stereocenters. The van der Waals surface area contributed by atoms with E-state index in [1.54, 1.807) is 0 Å². The second-order valence-electron chi connectivity index (χ2n) is 0. The van der Waals surface area contributed by atoms with E-state index in [9.17, 15) is 0 Å². The number of hydrogen-bond donors (Lipinski definition) is 1. The topological polar surface area (TPSA) is 0 Å². The SMILES string of the molecule is SCl.[Na].[Zn]. The van der Waals surface area contributed by atoms with Crippen molar-refractivity contribution in [2.75, 3.05) is 0 Å². The molecule has 0 aliphatic rings. The van der Waals surface area contributed by atoms with Crippen LogP contribution >= 0.6 is 22.5 Å². The molecule has 0 unspecified atom stereocenters. The van der Waals surface area contributed by atoms with Crippen LogP contribution in [0, 0.1) is 0 Å². The van der Waals surface area contributed by atoms with E-state index in [-0.39, 0.29) is 49.0 Å². The number of thiol groups is 1. The third-order valence-electron chi connectivity index (χ3n) is 0. The van der Waals surface area contributed by atoms with E-state index in [1.807, 2.05) is 0 Å². The molecule has 0 rings (SSSR count). The quantitative estimate of drug-likeness (QED) is 0.388. The summed E-state index contributed by atoms with van der Waals surface area (Å²) < 4.78 is 0. The minimum atomic E-state index is 0. The van der Waals surface area contributed by atoms with Crippen LogP contribution in [0.25, 0.3) is 0 Å². The average molecular weight is 157 g/mol. The van der Waals surface area contributed by atoms with Gasteiger partial charge in [0.25, 0.3) is 0 Å². The monoisotopic (exact) mass is 155 g/mol. The van der Waals surface area contributed by atoms with Crippen molar-refractivity contribution in [3.8, 4) is 0 Å². The molecule has 0 nitrogen and oxygen atoms in total. The second kappa shape index (κ2) is 18.7. The summed E-state index contributed by atoms with van der Waals surface area (Å²) in [6.45, 7) is 0. The van der Waals surface area contributed by atoms with Crippen molar-refractivity contribution in [1.82, 2.24) is 0 Å². The van der Waals surface area contributed by atoms with Gasteiger partial charge in [0.05, 0.1) is 0 Å². The fourth-order valence-electron chi connectivity index (χ4n) is 0. The Hall–Kier alpha value is 2.26. The summed E-state index contributed by atoms with van der Waals surface area (Å²) in [6.07, 6.45) is 0. The fraction of sp³-hybridized carbons (Fsp3) is 0. The molecule has 0 aromatic carbocycles. The van der Waals surface area contributed by atoms with Crippen molar-refractivity contribution in [2.24, 2.45) is 0 Å².